The summed E-state index contributed by atoms with van der Waals surface area (Å²) in [4.78, 5) is 0.818. The van der Waals surface area contributed by atoms with E-state index in [2.05, 4.69) is 5.32 Å². The number of hydrogen-bond acceptors (Lipinski definition) is 4. The third-order valence-electron chi connectivity index (χ3n) is 2.73. The van der Waals surface area contributed by atoms with Crippen LogP contribution in [-0.2, 0) is 16.4 Å². The number of alkyl halides is 3. The number of thiophene rings is 1. The lowest BCUT2D eigenvalue weighted by atomic mass is 10.3. The lowest BCUT2D eigenvalue weighted by molar-refractivity contribution is -0.138. The molecule has 0 aliphatic heterocycles. The Labute approximate surface area is 127 Å². The van der Waals surface area contributed by atoms with E-state index in [0.717, 1.165) is 16.2 Å². The van der Waals surface area contributed by atoms with Crippen molar-refractivity contribution in [1.82, 2.24) is 9.62 Å². The Morgan fingerprint density at radius 1 is 1.33 bits per heavy atom. The fraction of sp³-hybridized carbons (Fsp3) is 0.667. The van der Waals surface area contributed by atoms with Crippen LogP contribution >= 0.6 is 11.3 Å². The maximum Gasteiger partial charge on any atom is 0.402 e. The summed E-state index contributed by atoms with van der Waals surface area (Å²) < 4.78 is 62.9. The smallest absolute Gasteiger partial charge is 0.319 e. The summed E-state index contributed by atoms with van der Waals surface area (Å²) in [5.41, 5.74) is 0. The van der Waals surface area contributed by atoms with Gasteiger partial charge >= 0.3 is 6.18 Å². The van der Waals surface area contributed by atoms with Crippen LogP contribution in [0.5, 0.6) is 0 Å². The molecule has 0 saturated heterocycles. The van der Waals surface area contributed by atoms with E-state index in [-0.39, 0.29) is 4.21 Å². The molecule has 0 aliphatic carbocycles. The van der Waals surface area contributed by atoms with Gasteiger partial charge in [0.15, 0.2) is 0 Å². The first-order valence-corrected chi connectivity index (χ1v) is 8.65. The van der Waals surface area contributed by atoms with Gasteiger partial charge in [0.25, 0.3) is 10.0 Å². The normalized spacial score (nSPS) is 13.3. The van der Waals surface area contributed by atoms with E-state index in [1.165, 1.54) is 19.9 Å². The molecule has 1 aromatic rings. The fourth-order valence-corrected chi connectivity index (χ4v) is 4.82. The van der Waals surface area contributed by atoms with E-state index in [4.69, 9.17) is 0 Å². The Hall–Kier alpha value is -0.640. The molecule has 0 bridgehead atoms. The van der Waals surface area contributed by atoms with Gasteiger partial charge in [0, 0.05) is 10.9 Å². The van der Waals surface area contributed by atoms with Crippen molar-refractivity contribution in [3.8, 4) is 0 Å². The molecule has 122 valence electrons. The Morgan fingerprint density at radius 3 is 2.43 bits per heavy atom. The fourth-order valence-electron chi connectivity index (χ4n) is 1.72. The molecule has 9 heteroatoms. The molecule has 0 aromatic carbocycles. The number of hydrogen-bond donors (Lipinski definition) is 1. The second-order valence-electron chi connectivity index (χ2n) is 4.83. The summed E-state index contributed by atoms with van der Waals surface area (Å²) in [6, 6.07) is 2.25. The highest BCUT2D eigenvalue weighted by atomic mass is 32.2. The second kappa shape index (κ2) is 7.08. The lowest BCUT2D eigenvalue weighted by Crippen LogP contribution is -2.42. The predicted molar refractivity (Wildman–Crippen MR) is 77.0 cm³/mol. The van der Waals surface area contributed by atoms with Crippen molar-refractivity contribution in [3.05, 3.63) is 17.0 Å². The molecule has 1 aromatic heterocycles. The molecular formula is C12H19F3N2O2S2. The SMILES string of the molecule is CNCCc1ccc(S(=O)(=O)N(CC(F)(F)F)C(C)C)s1. The Kier molecular flexibility index (Phi) is 6.21. The molecule has 4 nitrogen and oxygen atoms in total. The minimum atomic E-state index is -4.57. The zero-order valence-electron chi connectivity index (χ0n) is 12.1. The highest BCUT2D eigenvalue weighted by molar-refractivity contribution is 7.91. The van der Waals surface area contributed by atoms with Gasteiger partial charge in [0.1, 0.15) is 10.8 Å². The average molecular weight is 344 g/mol. The van der Waals surface area contributed by atoms with Gasteiger partial charge in [0.05, 0.1) is 0 Å². The molecule has 1 heterocycles. The van der Waals surface area contributed by atoms with Gasteiger partial charge in [-0.05, 0) is 46.0 Å². The first kappa shape index (κ1) is 18.4. The summed E-state index contributed by atoms with van der Waals surface area (Å²) in [5, 5.41) is 2.93. The average Bonchev–Trinajstić information content (AvgIpc) is 2.81. The zero-order valence-corrected chi connectivity index (χ0v) is 13.7. The first-order chi connectivity index (χ1) is 9.58. The summed E-state index contributed by atoms with van der Waals surface area (Å²) in [5.74, 6) is 0. The van der Waals surface area contributed by atoms with E-state index < -0.39 is 28.8 Å². The van der Waals surface area contributed by atoms with Crippen LogP contribution in [0.25, 0.3) is 0 Å². The number of nitrogens with zero attached hydrogens (tertiary/aromatic N) is 1. The molecule has 0 unspecified atom stereocenters. The van der Waals surface area contributed by atoms with Crippen LogP contribution in [0.3, 0.4) is 0 Å². The van der Waals surface area contributed by atoms with E-state index in [9.17, 15) is 21.6 Å². The third kappa shape index (κ3) is 5.24. The van der Waals surface area contributed by atoms with Crippen molar-refractivity contribution in [2.75, 3.05) is 20.1 Å². The van der Waals surface area contributed by atoms with Gasteiger partial charge in [-0.3, -0.25) is 0 Å². The molecule has 0 aliphatic rings. The molecule has 0 saturated carbocycles. The minimum absolute atomic E-state index is 0.0495. The van der Waals surface area contributed by atoms with Crippen LogP contribution in [0.2, 0.25) is 0 Å². The molecule has 0 spiro atoms. The van der Waals surface area contributed by atoms with Gasteiger partial charge in [-0.2, -0.15) is 17.5 Å². The maximum absolute atomic E-state index is 12.6. The number of likely N-dealkylation sites (N-methyl/N-ethyl adjacent to an activating group) is 1. The molecule has 0 radical (unpaired) electrons. The van der Waals surface area contributed by atoms with Crippen molar-refractivity contribution in [3.63, 3.8) is 0 Å². The second-order valence-corrected chi connectivity index (χ2v) is 8.12. The van der Waals surface area contributed by atoms with E-state index in [1.807, 2.05) is 0 Å². The van der Waals surface area contributed by atoms with Crippen LogP contribution < -0.4 is 5.32 Å². The molecule has 0 fully saturated rings. The highest BCUT2D eigenvalue weighted by Gasteiger charge is 2.39. The first-order valence-electron chi connectivity index (χ1n) is 6.40. The lowest BCUT2D eigenvalue weighted by Gasteiger charge is -2.26. The van der Waals surface area contributed by atoms with Gasteiger partial charge in [-0.25, -0.2) is 8.42 Å². The summed E-state index contributed by atoms with van der Waals surface area (Å²) >= 11 is 1.01. The minimum Gasteiger partial charge on any atom is -0.319 e. The highest BCUT2D eigenvalue weighted by Crippen LogP contribution is 2.29. The number of rotatable bonds is 7. The van der Waals surface area contributed by atoms with Crippen molar-refractivity contribution in [2.45, 2.75) is 36.7 Å². The summed E-state index contributed by atoms with van der Waals surface area (Å²) in [7, 11) is -2.35. The van der Waals surface area contributed by atoms with E-state index >= 15 is 0 Å². The van der Waals surface area contributed by atoms with Gasteiger partial charge in [0.2, 0.25) is 0 Å². The molecule has 0 atom stereocenters. The maximum atomic E-state index is 12.6. The monoisotopic (exact) mass is 344 g/mol. The molecule has 1 rings (SSSR count). The van der Waals surface area contributed by atoms with Crippen molar-refractivity contribution in [1.29, 1.82) is 0 Å². The Balaban J connectivity index is 3.03. The molecule has 1 N–H and O–H groups in total. The predicted octanol–water partition coefficient (Wildman–Crippen LogP) is 2.47. The van der Waals surface area contributed by atoms with Crippen molar-refractivity contribution < 1.29 is 21.6 Å². The van der Waals surface area contributed by atoms with Crippen molar-refractivity contribution in [2.24, 2.45) is 0 Å². The molecular weight excluding hydrogens is 325 g/mol. The largest absolute Gasteiger partial charge is 0.402 e. The summed E-state index contributed by atoms with van der Waals surface area (Å²) in [6.07, 6.45) is -3.93. The van der Waals surface area contributed by atoms with E-state index in [0.29, 0.717) is 17.3 Å². The number of sulfonamides is 1. The van der Waals surface area contributed by atoms with Crippen LogP contribution in [0, 0.1) is 0 Å². The molecule has 0 amide bonds. The number of nitrogens with one attached hydrogen (secondary N) is 1. The number of halogens is 3. The van der Waals surface area contributed by atoms with Crippen LogP contribution in [0.15, 0.2) is 16.3 Å². The van der Waals surface area contributed by atoms with E-state index in [1.54, 1.807) is 13.1 Å². The van der Waals surface area contributed by atoms with Crippen LogP contribution in [0.1, 0.15) is 18.7 Å². The Morgan fingerprint density at radius 2 is 1.95 bits per heavy atom. The van der Waals surface area contributed by atoms with Gasteiger partial charge in [-0.15, -0.1) is 11.3 Å². The quantitative estimate of drug-likeness (QED) is 0.827. The van der Waals surface area contributed by atoms with Crippen molar-refractivity contribution >= 4 is 21.4 Å². The zero-order chi connectivity index (χ0) is 16.3. The Bertz CT molecular complexity index is 553. The topological polar surface area (TPSA) is 49.4 Å². The molecule has 21 heavy (non-hydrogen) atoms. The van der Waals surface area contributed by atoms with Crippen LogP contribution in [-0.4, -0.2) is 45.1 Å². The summed E-state index contributed by atoms with van der Waals surface area (Å²) in [6.45, 7) is 2.06. The van der Waals surface area contributed by atoms with Gasteiger partial charge in [-0.1, -0.05) is 0 Å². The standard InChI is InChI=1S/C12H19F3N2O2S2/c1-9(2)17(8-12(13,14)15)21(18,19)11-5-4-10(20-11)6-7-16-3/h4-5,9,16H,6-8H2,1-3H3. The van der Waals surface area contributed by atoms with Gasteiger partial charge < -0.3 is 5.32 Å². The van der Waals surface area contributed by atoms with Crippen LogP contribution in [0.4, 0.5) is 13.2 Å². The third-order valence-corrected chi connectivity index (χ3v) is 6.37.